The smallest absolute Gasteiger partial charge is 0.254 e. The van der Waals surface area contributed by atoms with Crippen LogP contribution in [0.15, 0.2) is 42.5 Å². The van der Waals surface area contributed by atoms with E-state index in [0.29, 0.717) is 10.8 Å². The summed E-state index contributed by atoms with van der Waals surface area (Å²) in [6.07, 6.45) is 0. The number of hydrogen-bond acceptors (Lipinski definition) is 2. The molecule has 0 aromatic heterocycles. The van der Waals surface area contributed by atoms with Crippen LogP contribution in [0.4, 0.5) is 4.39 Å². The standard InChI is InChI=1S/C16H15ClFNO2/c1-10(11-3-5-12(17)6-4-11)19-16(20)14-8-7-13(21-2)9-15(14)18/h3-10H,1-2H3,(H,19,20). The summed E-state index contributed by atoms with van der Waals surface area (Å²) < 4.78 is 18.7. The molecule has 1 atom stereocenters. The highest BCUT2D eigenvalue weighted by Crippen LogP contribution is 2.19. The highest BCUT2D eigenvalue weighted by molar-refractivity contribution is 6.30. The molecule has 2 rings (SSSR count). The Balaban J connectivity index is 2.12. The Hall–Kier alpha value is -2.07. The zero-order chi connectivity index (χ0) is 15.4. The normalized spacial score (nSPS) is 11.8. The van der Waals surface area contributed by atoms with Crippen LogP contribution in [0.1, 0.15) is 28.9 Å². The third-order valence-electron chi connectivity index (χ3n) is 3.14. The average Bonchev–Trinajstić information content (AvgIpc) is 2.47. The number of carbonyl (C=O) groups is 1. The van der Waals surface area contributed by atoms with Gasteiger partial charge in [0.25, 0.3) is 5.91 Å². The highest BCUT2D eigenvalue weighted by Gasteiger charge is 2.15. The van der Waals surface area contributed by atoms with E-state index in [9.17, 15) is 9.18 Å². The predicted octanol–water partition coefficient (Wildman–Crippen LogP) is 3.98. The molecule has 0 saturated heterocycles. The van der Waals surface area contributed by atoms with Crippen molar-refractivity contribution in [2.75, 3.05) is 7.11 Å². The van der Waals surface area contributed by atoms with Gasteiger partial charge in [0.2, 0.25) is 0 Å². The van der Waals surface area contributed by atoms with Gasteiger partial charge >= 0.3 is 0 Å². The lowest BCUT2D eigenvalue weighted by Gasteiger charge is -2.15. The average molecular weight is 308 g/mol. The van der Waals surface area contributed by atoms with Crippen LogP contribution in [0.3, 0.4) is 0 Å². The molecule has 2 aromatic carbocycles. The van der Waals surface area contributed by atoms with E-state index in [4.69, 9.17) is 16.3 Å². The van der Waals surface area contributed by atoms with Gasteiger partial charge in [-0.05, 0) is 36.8 Å². The van der Waals surface area contributed by atoms with Crippen molar-refractivity contribution in [3.8, 4) is 5.75 Å². The largest absolute Gasteiger partial charge is 0.497 e. The minimum Gasteiger partial charge on any atom is -0.497 e. The Kier molecular flexibility index (Phi) is 4.81. The minimum atomic E-state index is -0.616. The molecule has 3 nitrogen and oxygen atoms in total. The first kappa shape index (κ1) is 15.3. The van der Waals surface area contributed by atoms with Crippen LogP contribution in [0.25, 0.3) is 0 Å². The first-order valence-electron chi connectivity index (χ1n) is 6.41. The molecule has 0 fully saturated rings. The first-order chi connectivity index (χ1) is 10.0. The van der Waals surface area contributed by atoms with Gasteiger partial charge in [0.05, 0.1) is 18.7 Å². The Morgan fingerprint density at radius 1 is 1.24 bits per heavy atom. The summed E-state index contributed by atoms with van der Waals surface area (Å²) in [6.45, 7) is 1.82. The second-order valence-corrected chi connectivity index (χ2v) is 5.03. The molecule has 1 amide bonds. The van der Waals surface area contributed by atoms with E-state index in [1.807, 2.05) is 19.1 Å². The lowest BCUT2D eigenvalue weighted by Crippen LogP contribution is -2.27. The predicted molar refractivity (Wildman–Crippen MR) is 80.3 cm³/mol. The van der Waals surface area contributed by atoms with E-state index in [1.165, 1.54) is 19.2 Å². The van der Waals surface area contributed by atoms with Gasteiger partial charge in [-0.2, -0.15) is 0 Å². The van der Waals surface area contributed by atoms with Crippen LogP contribution in [-0.2, 0) is 0 Å². The molecule has 0 aliphatic carbocycles. The van der Waals surface area contributed by atoms with E-state index in [0.717, 1.165) is 5.56 Å². The van der Waals surface area contributed by atoms with Crippen molar-refractivity contribution in [2.24, 2.45) is 0 Å². The molecule has 0 aliphatic rings. The van der Waals surface area contributed by atoms with Crippen LogP contribution >= 0.6 is 11.6 Å². The number of benzene rings is 2. The van der Waals surface area contributed by atoms with Gasteiger partial charge in [0, 0.05) is 11.1 Å². The van der Waals surface area contributed by atoms with Gasteiger partial charge in [-0.1, -0.05) is 23.7 Å². The van der Waals surface area contributed by atoms with E-state index < -0.39 is 11.7 Å². The van der Waals surface area contributed by atoms with Crippen molar-refractivity contribution in [2.45, 2.75) is 13.0 Å². The Bertz CT molecular complexity index is 643. The zero-order valence-electron chi connectivity index (χ0n) is 11.7. The summed E-state index contributed by atoms with van der Waals surface area (Å²) in [4.78, 5) is 12.1. The summed E-state index contributed by atoms with van der Waals surface area (Å²) in [7, 11) is 1.44. The van der Waals surface area contributed by atoms with Crippen LogP contribution in [0, 0.1) is 5.82 Å². The van der Waals surface area contributed by atoms with Crippen LogP contribution < -0.4 is 10.1 Å². The lowest BCUT2D eigenvalue weighted by atomic mass is 10.1. The fourth-order valence-electron chi connectivity index (χ4n) is 1.92. The van der Waals surface area contributed by atoms with Crippen molar-refractivity contribution in [3.05, 3.63) is 64.4 Å². The Morgan fingerprint density at radius 2 is 1.90 bits per heavy atom. The van der Waals surface area contributed by atoms with Gasteiger partial charge in [-0.3, -0.25) is 4.79 Å². The van der Waals surface area contributed by atoms with E-state index in [2.05, 4.69) is 5.32 Å². The lowest BCUT2D eigenvalue weighted by molar-refractivity contribution is 0.0936. The maximum absolute atomic E-state index is 13.8. The van der Waals surface area contributed by atoms with Crippen molar-refractivity contribution in [1.82, 2.24) is 5.32 Å². The summed E-state index contributed by atoms with van der Waals surface area (Å²) in [5.41, 5.74) is 0.873. The molecule has 0 heterocycles. The van der Waals surface area contributed by atoms with Crippen molar-refractivity contribution >= 4 is 17.5 Å². The number of amides is 1. The summed E-state index contributed by atoms with van der Waals surface area (Å²) in [5.74, 6) is -0.720. The SMILES string of the molecule is COc1ccc(C(=O)NC(C)c2ccc(Cl)cc2)c(F)c1. The van der Waals surface area contributed by atoms with Gasteiger partial charge in [0.1, 0.15) is 11.6 Å². The van der Waals surface area contributed by atoms with E-state index >= 15 is 0 Å². The van der Waals surface area contributed by atoms with E-state index in [-0.39, 0.29) is 11.6 Å². The van der Waals surface area contributed by atoms with Crippen molar-refractivity contribution < 1.29 is 13.9 Å². The molecule has 5 heteroatoms. The number of methoxy groups -OCH3 is 1. The van der Waals surface area contributed by atoms with Gasteiger partial charge in [-0.25, -0.2) is 4.39 Å². The molecular weight excluding hydrogens is 293 g/mol. The maximum Gasteiger partial charge on any atom is 0.254 e. The Labute approximate surface area is 127 Å². The Morgan fingerprint density at radius 3 is 2.48 bits per heavy atom. The van der Waals surface area contributed by atoms with Crippen LogP contribution in [-0.4, -0.2) is 13.0 Å². The second kappa shape index (κ2) is 6.59. The fraction of sp³-hybridized carbons (Fsp3) is 0.188. The molecule has 0 bridgehead atoms. The van der Waals surface area contributed by atoms with Crippen molar-refractivity contribution in [3.63, 3.8) is 0 Å². The van der Waals surface area contributed by atoms with Crippen LogP contribution in [0.5, 0.6) is 5.75 Å². The second-order valence-electron chi connectivity index (χ2n) is 4.59. The molecule has 110 valence electrons. The number of carbonyl (C=O) groups excluding carboxylic acids is 1. The van der Waals surface area contributed by atoms with Crippen molar-refractivity contribution in [1.29, 1.82) is 0 Å². The summed E-state index contributed by atoms with van der Waals surface area (Å²) in [5, 5.41) is 3.37. The third-order valence-corrected chi connectivity index (χ3v) is 3.39. The van der Waals surface area contributed by atoms with E-state index in [1.54, 1.807) is 18.2 Å². The molecular formula is C16H15ClFNO2. The molecule has 0 radical (unpaired) electrons. The topological polar surface area (TPSA) is 38.3 Å². The van der Waals surface area contributed by atoms with Gasteiger partial charge in [0.15, 0.2) is 0 Å². The number of halogens is 2. The summed E-state index contributed by atoms with van der Waals surface area (Å²) in [6, 6.07) is 11.0. The maximum atomic E-state index is 13.8. The monoisotopic (exact) mass is 307 g/mol. The fourth-order valence-corrected chi connectivity index (χ4v) is 2.04. The zero-order valence-corrected chi connectivity index (χ0v) is 12.4. The molecule has 1 N–H and O–H groups in total. The van der Waals surface area contributed by atoms with Crippen LogP contribution in [0.2, 0.25) is 5.02 Å². The molecule has 21 heavy (non-hydrogen) atoms. The number of ether oxygens (including phenoxy) is 1. The quantitative estimate of drug-likeness (QED) is 0.928. The summed E-state index contributed by atoms with van der Waals surface area (Å²) >= 11 is 5.82. The molecule has 0 spiro atoms. The molecule has 1 unspecified atom stereocenters. The molecule has 0 saturated carbocycles. The number of hydrogen-bond donors (Lipinski definition) is 1. The number of nitrogens with one attached hydrogen (secondary N) is 1. The molecule has 0 aliphatic heterocycles. The van der Waals surface area contributed by atoms with Gasteiger partial charge in [-0.15, -0.1) is 0 Å². The molecule has 2 aromatic rings. The minimum absolute atomic E-state index is 0.0170. The van der Waals surface area contributed by atoms with Gasteiger partial charge < -0.3 is 10.1 Å². The highest BCUT2D eigenvalue weighted by atomic mass is 35.5. The third kappa shape index (κ3) is 3.73. The number of rotatable bonds is 4. The first-order valence-corrected chi connectivity index (χ1v) is 6.79.